The molecule has 108 valence electrons. The first kappa shape index (κ1) is 14.8. The number of nitrogens with zero attached hydrogens (tertiary/aromatic N) is 1. The number of ketones is 1. The Hall–Kier alpha value is -1.57. The molecule has 0 amide bonds. The summed E-state index contributed by atoms with van der Waals surface area (Å²) >= 11 is 0. The zero-order valence-electron chi connectivity index (χ0n) is 12.9. The second-order valence-corrected chi connectivity index (χ2v) is 5.60. The Morgan fingerprint density at radius 2 is 2.05 bits per heavy atom. The van der Waals surface area contributed by atoms with Gasteiger partial charge in [-0.05, 0) is 55.9 Å². The summed E-state index contributed by atoms with van der Waals surface area (Å²) < 4.78 is 0. The minimum atomic E-state index is 0.324. The van der Waals surface area contributed by atoms with Gasteiger partial charge in [0.2, 0.25) is 0 Å². The predicted molar refractivity (Wildman–Crippen MR) is 85.4 cm³/mol. The van der Waals surface area contributed by atoms with E-state index in [1.54, 1.807) is 0 Å². The van der Waals surface area contributed by atoms with Gasteiger partial charge in [-0.25, -0.2) is 0 Å². The molecular formula is C18H25NO. The number of Topliss-reactive ketones (excluding diaryl/α,β-unsaturated/α-hetero) is 1. The second kappa shape index (κ2) is 6.74. The maximum atomic E-state index is 11.8. The van der Waals surface area contributed by atoms with Gasteiger partial charge in [0.15, 0.2) is 5.78 Å². The third kappa shape index (κ3) is 3.30. The molecular weight excluding hydrogens is 246 g/mol. The highest BCUT2D eigenvalue weighted by Gasteiger charge is 2.14. The number of benzene rings is 1. The average Bonchev–Trinajstić information content (AvgIpc) is 2.42. The van der Waals surface area contributed by atoms with E-state index in [2.05, 4.69) is 43.0 Å². The molecule has 1 aromatic rings. The van der Waals surface area contributed by atoms with Crippen LogP contribution in [0.5, 0.6) is 0 Å². The van der Waals surface area contributed by atoms with Crippen molar-refractivity contribution in [2.75, 3.05) is 18.0 Å². The zero-order valence-corrected chi connectivity index (χ0v) is 12.9. The van der Waals surface area contributed by atoms with Crippen LogP contribution in [0.2, 0.25) is 0 Å². The van der Waals surface area contributed by atoms with Crippen molar-refractivity contribution in [3.63, 3.8) is 0 Å². The number of aryl methyl sites for hydroxylation is 1. The lowest BCUT2D eigenvalue weighted by molar-refractivity contribution is -0.115. The van der Waals surface area contributed by atoms with Crippen LogP contribution in [0.4, 0.5) is 5.69 Å². The Balaban J connectivity index is 2.12. The number of rotatable bonds is 3. The van der Waals surface area contributed by atoms with Crippen LogP contribution in [0.25, 0.3) is 0 Å². The fourth-order valence-electron chi connectivity index (χ4n) is 2.87. The molecule has 0 saturated carbocycles. The van der Waals surface area contributed by atoms with E-state index >= 15 is 0 Å². The predicted octanol–water partition coefficient (Wildman–Crippen LogP) is 4.20. The Bertz CT molecular complexity index is 516. The van der Waals surface area contributed by atoms with Crippen LogP contribution in [0, 0.1) is 13.8 Å². The van der Waals surface area contributed by atoms with Crippen molar-refractivity contribution in [2.24, 2.45) is 0 Å². The molecule has 1 aromatic carbocycles. The highest BCUT2D eigenvalue weighted by molar-refractivity contribution is 5.95. The Kier molecular flexibility index (Phi) is 4.99. The van der Waals surface area contributed by atoms with Crippen molar-refractivity contribution in [3.05, 3.63) is 41.0 Å². The van der Waals surface area contributed by atoms with Gasteiger partial charge in [-0.3, -0.25) is 4.79 Å². The number of hydrogen-bond donors (Lipinski definition) is 0. The minimum absolute atomic E-state index is 0.324. The lowest BCUT2D eigenvalue weighted by Gasteiger charge is -2.28. The van der Waals surface area contributed by atoms with E-state index in [-0.39, 0.29) is 0 Å². The quantitative estimate of drug-likeness (QED) is 0.821. The van der Waals surface area contributed by atoms with Gasteiger partial charge >= 0.3 is 0 Å². The number of carbonyl (C=O) groups is 1. The highest BCUT2D eigenvalue weighted by atomic mass is 16.1. The van der Waals surface area contributed by atoms with Gasteiger partial charge in [-0.2, -0.15) is 0 Å². The molecule has 1 aliphatic heterocycles. The van der Waals surface area contributed by atoms with Crippen LogP contribution in [-0.4, -0.2) is 18.9 Å². The van der Waals surface area contributed by atoms with E-state index in [0.717, 1.165) is 37.9 Å². The molecule has 2 heteroatoms. The molecule has 2 rings (SSSR count). The third-order valence-electron chi connectivity index (χ3n) is 4.26. The molecule has 0 fully saturated rings. The molecule has 2 nitrogen and oxygen atoms in total. The Morgan fingerprint density at radius 1 is 1.25 bits per heavy atom. The van der Waals surface area contributed by atoms with Gasteiger partial charge in [-0.15, -0.1) is 0 Å². The molecule has 0 aromatic heterocycles. The van der Waals surface area contributed by atoms with Gasteiger partial charge in [0.1, 0.15) is 0 Å². The summed E-state index contributed by atoms with van der Waals surface area (Å²) in [5, 5.41) is 0. The Morgan fingerprint density at radius 3 is 2.80 bits per heavy atom. The zero-order chi connectivity index (χ0) is 14.5. The summed E-state index contributed by atoms with van der Waals surface area (Å²) in [5.74, 6) is 0.324. The van der Waals surface area contributed by atoms with Crippen LogP contribution < -0.4 is 4.90 Å². The standard InChI is InChI=1S/C18H25NO/c1-4-18(20)16-9-6-12-19(13-7-10-16)17-11-5-8-14(2)15(17)3/h5,8-9,11H,4,6-7,10,12-13H2,1-3H3/b16-9-. The molecule has 0 saturated heterocycles. The molecule has 1 aliphatic rings. The van der Waals surface area contributed by atoms with Crippen molar-refractivity contribution in [1.82, 2.24) is 0 Å². The van der Waals surface area contributed by atoms with Crippen molar-refractivity contribution >= 4 is 11.5 Å². The van der Waals surface area contributed by atoms with E-state index in [4.69, 9.17) is 0 Å². The van der Waals surface area contributed by atoms with Gasteiger partial charge in [0.05, 0.1) is 0 Å². The molecule has 0 aliphatic carbocycles. The molecule has 0 unspecified atom stereocenters. The van der Waals surface area contributed by atoms with Gasteiger partial charge in [-0.1, -0.05) is 25.1 Å². The normalized spacial score (nSPS) is 18.9. The smallest absolute Gasteiger partial charge is 0.158 e. The van der Waals surface area contributed by atoms with Crippen molar-refractivity contribution in [3.8, 4) is 0 Å². The van der Waals surface area contributed by atoms with E-state index < -0.39 is 0 Å². The van der Waals surface area contributed by atoms with Crippen LogP contribution in [0.3, 0.4) is 0 Å². The fourth-order valence-corrected chi connectivity index (χ4v) is 2.87. The fraction of sp³-hybridized carbons (Fsp3) is 0.500. The second-order valence-electron chi connectivity index (χ2n) is 5.60. The molecule has 0 N–H and O–H groups in total. The largest absolute Gasteiger partial charge is 0.371 e. The first-order chi connectivity index (χ1) is 9.63. The summed E-state index contributed by atoms with van der Waals surface area (Å²) in [6.45, 7) is 8.36. The first-order valence-electron chi connectivity index (χ1n) is 7.67. The van der Waals surface area contributed by atoms with Crippen LogP contribution >= 0.6 is 0 Å². The minimum Gasteiger partial charge on any atom is -0.371 e. The van der Waals surface area contributed by atoms with Gasteiger partial charge in [0.25, 0.3) is 0 Å². The SMILES string of the molecule is CCC(=O)/C1=C\CCN(c2cccc(C)c2C)CCC1. The monoisotopic (exact) mass is 271 g/mol. The molecule has 0 radical (unpaired) electrons. The van der Waals surface area contributed by atoms with Gasteiger partial charge < -0.3 is 4.90 Å². The molecule has 0 spiro atoms. The van der Waals surface area contributed by atoms with E-state index in [0.29, 0.717) is 12.2 Å². The van der Waals surface area contributed by atoms with E-state index in [9.17, 15) is 4.79 Å². The van der Waals surface area contributed by atoms with Crippen LogP contribution in [0.15, 0.2) is 29.8 Å². The molecule has 20 heavy (non-hydrogen) atoms. The lowest BCUT2D eigenvalue weighted by Crippen LogP contribution is -2.28. The topological polar surface area (TPSA) is 20.3 Å². The maximum absolute atomic E-state index is 11.8. The number of anilines is 1. The van der Waals surface area contributed by atoms with Crippen molar-refractivity contribution in [2.45, 2.75) is 46.5 Å². The number of allylic oxidation sites excluding steroid dienone is 1. The van der Waals surface area contributed by atoms with E-state index in [1.165, 1.54) is 16.8 Å². The summed E-state index contributed by atoms with van der Waals surface area (Å²) in [5.41, 5.74) is 5.13. The molecule has 1 heterocycles. The van der Waals surface area contributed by atoms with Gasteiger partial charge in [0, 0.05) is 25.2 Å². The van der Waals surface area contributed by atoms with Crippen LogP contribution in [-0.2, 0) is 4.79 Å². The maximum Gasteiger partial charge on any atom is 0.158 e. The van der Waals surface area contributed by atoms with Crippen molar-refractivity contribution in [1.29, 1.82) is 0 Å². The third-order valence-corrected chi connectivity index (χ3v) is 4.26. The summed E-state index contributed by atoms with van der Waals surface area (Å²) in [7, 11) is 0. The highest BCUT2D eigenvalue weighted by Crippen LogP contribution is 2.25. The van der Waals surface area contributed by atoms with E-state index in [1.807, 2.05) is 6.92 Å². The summed E-state index contributed by atoms with van der Waals surface area (Å²) in [6, 6.07) is 6.52. The van der Waals surface area contributed by atoms with Crippen molar-refractivity contribution < 1.29 is 4.79 Å². The number of hydrogen-bond acceptors (Lipinski definition) is 2. The van der Waals surface area contributed by atoms with Crippen LogP contribution in [0.1, 0.15) is 43.7 Å². The Labute approximate surface area is 122 Å². The first-order valence-corrected chi connectivity index (χ1v) is 7.67. The lowest BCUT2D eigenvalue weighted by atomic mass is 9.99. The molecule has 0 bridgehead atoms. The summed E-state index contributed by atoms with van der Waals surface area (Å²) in [6.07, 6.45) is 5.74. The number of carbonyl (C=O) groups excluding carboxylic acids is 1. The summed E-state index contributed by atoms with van der Waals surface area (Å²) in [4.78, 5) is 14.3. The average molecular weight is 271 g/mol. The molecule has 0 atom stereocenters.